The van der Waals surface area contributed by atoms with Crippen LogP contribution in [0.1, 0.15) is 13.3 Å². The Balaban J connectivity index is 1.80. The van der Waals surface area contributed by atoms with E-state index in [1.165, 1.54) is 4.90 Å². The molecule has 126 valence electrons. The largest absolute Gasteiger partial charge is 0.481 e. The molecule has 0 saturated carbocycles. The molecule has 1 aliphatic heterocycles. The number of amides is 2. The Morgan fingerprint density at radius 2 is 2.25 bits per heavy atom. The molecule has 0 spiro atoms. The summed E-state index contributed by atoms with van der Waals surface area (Å²) >= 11 is 3.34. The zero-order valence-corrected chi connectivity index (χ0v) is 14.5. The SMILES string of the molecule is CC1(C(=O)O)CCN(C(=O)Nc2cc(Br)cnc2-n2cccn2)C1. The average molecular weight is 394 g/mol. The Morgan fingerprint density at radius 3 is 2.88 bits per heavy atom. The molecule has 2 aromatic heterocycles. The van der Waals surface area contributed by atoms with E-state index in [0.29, 0.717) is 28.9 Å². The van der Waals surface area contributed by atoms with Crippen molar-refractivity contribution >= 4 is 33.6 Å². The summed E-state index contributed by atoms with van der Waals surface area (Å²) in [6, 6.07) is 3.14. The van der Waals surface area contributed by atoms with Gasteiger partial charge >= 0.3 is 12.0 Å². The highest BCUT2D eigenvalue weighted by atomic mass is 79.9. The molecule has 1 saturated heterocycles. The minimum Gasteiger partial charge on any atom is -0.481 e. The monoisotopic (exact) mass is 393 g/mol. The highest BCUT2D eigenvalue weighted by Crippen LogP contribution is 2.31. The smallest absolute Gasteiger partial charge is 0.321 e. The fraction of sp³-hybridized carbons (Fsp3) is 0.333. The molecule has 1 atom stereocenters. The van der Waals surface area contributed by atoms with Crippen LogP contribution in [0.25, 0.3) is 5.82 Å². The minimum absolute atomic E-state index is 0.173. The van der Waals surface area contributed by atoms with Gasteiger partial charge < -0.3 is 15.3 Å². The maximum absolute atomic E-state index is 12.5. The van der Waals surface area contributed by atoms with E-state index >= 15 is 0 Å². The second-order valence-electron chi connectivity index (χ2n) is 5.94. The zero-order valence-electron chi connectivity index (χ0n) is 12.9. The quantitative estimate of drug-likeness (QED) is 0.833. The molecule has 0 aromatic carbocycles. The number of rotatable bonds is 3. The first kappa shape index (κ1) is 16.4. The topological polar surface area (TPSA) is 100 Å². The maximum atomic E-state index is 12.5. The lowest BCUT2D eigenvalue weighted by atomic mass is 9.90. The number of nitrogens with zero attached hydrogens (tertiary/aromatic N) is 4. The van der Waals surface area contributed by atoms with Gasteiger partial charge in [-0.15, -0.1) is 0 Å². The second-order valence-corrected chi connectivity index (χ2v) is 6.86. The minimum atomic E-state index is -0.905. The van der Waals surface area contributed by atoms with Gasteiger partial charge in [0.25, 0.3) is 0 Å². The molecule has 0 radical (unpaired) electrons. The lowest BCUT2D eigenvalue weighted by Crippen LogP contribution is -2.37. The van der Waals surface area contributed by atoms with Gasteiger partial charge in [-0.3, -0.25) is 4.79 Å². The van der Waals surface area contributed by atoms with Gasteiger partial charge in [0.05, 0.1) is 11.1 Å². The average Bonchev–Trinajstić information content (AvgIpc) is 3.18. The predicted octanol–water partition coefficient (Wildman–Crippen LogP) is 2.36. The summed E-state index contributed by atoms with van der Waals surface area (Å²) in [6.07, 6.45) is 5.39. The van der Waals surface area contributed by atoms with E-state index < -0.39 is 11.4 Å². The molecule has 0 aliphatic carbocycles. The molecule has 24 heavy (non-hydrogen) atoms. The summed E-state index contributed by atoms with van der Waals surface area (Å²) in [5.74, 6) is -0.407. The molecular weight excluding hydrogens is 378 g/mol. The Bertz CT molecular complexity index is 779. The van der Waals surface area contributed by atoms with Crippen LogP contribution >= 0.6 is 15.9 Å². The third kappa shape index (κ3) is 3.12. The fourth-order valence-corrected chi connectivity index (χ4v) is 2.94. The summed E-state index contributed by atoms with van der Waals surface area (Å²) in [5.41, 5.74) is -0.417. The second kappa shape index (κ2) is 6.23. The lowest BCUT2D eigenvalue weighted by molar-refractivity contribution is -0.146. The van der Waals surface area contributed by atoms with Crippen LogP contribution in [0.5, 0.6) is 0 Å². The van der Waals surface area contributed by atoms with Crippen LogP contribution in [-0.4, -0.2) is 49.9 Å². The van der Waals surface area contributed by atoms with Crippen molar-refractivity contribution in [3.8, 4) is 5.82 Å². The van der Waals surface area contributed by atoms with Gasteiger partial charge in [-0.1, -0.05) is 0 Å². The molecule has 0 bridgehead atoms. The number of hydrogen-bond acceptors (Lipinski definition) is 4. The molecule has 1 aliphatic rings. The van der Waals surface area contributed by atoms with E-state index in [-0.39, 0.29) is 12.6 Å². The van der Waals surface area contributed by atoms with Gasteiger partial charge in [-0.25, -0.2) is 14.5 Å². The number of aromatic nitrogens is 3. The van der Waals surface area contributed by atoms with Gasteiger partial charge in [0.2, 0.25) is 0 Å². The van der Waals surface area contributed by atoms with E-state index in [4.69, 9.17) is 0 Å². The first-order valence-electron chi connectivity index (χ1n) is 7.34. The number of hydrogen-bond donors (Lipinski definition) is 2. The van der Waals surface area contributed by atoms with Crippen LogP contribution in [-0.2, 0) is 4.79 Å². The van der Waals surface area contributed by atoms with Gasteiger partial charge in [-0.05, 0) is 41.4 Å². The normalized spacial score (nSPS) is 20.2. The molecular formula is C15H16BrN5O3. The number of nitrogens with one attached hydrogen (secondary N) is 1. The Labute approximate surface area is 146 Å². The van der Waals surface area contributed by atoms with Crippen LogP contribution in [0.3, 0.4) is 0 Å². The summed E-state index contributed by atoms with van der Waals surface area (Å²) < 4.78 is 2.26. The summed E-state index contributed by atoms with van der Waals surface area (Å²) in [7, 11) is 0. The standard InChI is InChI=1S/C15H16BrN5O3/c1-15(13(22)23)3-6-20(9-15)14(24)19-11-7-10(16)8-17-12(11)21-5-2-4-18-21/h2,4-5,7-8H,3,6,9H2,1H3,(H,19,24)(H,22,23). The van der Waals surface area contributed by atoms with Crippen molar-refractivity contribution in [1.29, 1.82) is 0 Å². The molecule has 1 fully saturated rings. The molecule has 9 heteroatoms. The first-order chi connectivity index (χ1) is 11.4. The van der Waals surface area contributed by atoms with Crippen LogP contribution in [0.15, 0.2) is 35.2 Å². The lowest BCUT2D eigenvalue weighted by Gasteiger charge is -2.21. The van der Waals surface area contributed by atoms with Crippen molar-refractivity contribution in [1.82, 2.24) is 19.7 Å². The number of anilines is 1. The molecule has 1 unspecified atom stereocenters. The van der Waals surface area contributed by atoms with Crippen LogP contribution in [0.2, 0.25) is 0 Å². The summed E-state index contributed by atoms with van der Waals surface area (Å²) in [6.45, 7) is 2.22. The van der Waals surface area contributed by atoms with Crippen LogP contribution < -0.4 is 5.32 Å². The van der Waals surface area contributed by atoms with Gasteiger partial charge in [0.15, 0.2) is 5.82 Å². The Hall–Kier alpha value is -2.42. The number of aliphatic carboxylic acids is 1. The van der Waals surface area contributed by atoms with E-state index in [0.717, 1.165) is 0 Å². The van der Waals surface area contributed by atoms with Crippen molar-refractivity contribution in [3.63, 3.8) is 0 Å². The van der Waals surface area contributed by atoms with Gasteiger partial charge in [-0.2, -0.15) is 5.10 Å². The number of carbonyl (C=O) groups excluding carboxylic acids is 1. The van der Waals surface area contributed by atoms with Gasteiger partial charge in [0.1, 0.15) is 0 Å². The number of pyridine rings is 1. The van der Waals surface area contributed by atoms with Crippen molar-refractivity contribution in [2.45, 2.75) is 13.3 Å². The van der Waals surface area contributed by atoms with Crippen LogP contribution in [0, 0.1) is 5.41 Å². The summed E-state index contributed by atoms with van der Waals surface area (Å²) in [5, 5.41) is 16.2. The third-order valence-corrected chi connectivity index (χ3v) is 4.51. The number of carboxylic acids is 1. The number of carbonyl (C=O) groups is 2. The first-order valence-corrected chi connectivity index (χ1v) is 8.13. The van der Waals surface area contributed by atoms with Crippen molar-refractivity contribution in [3.05, 3.63) is 35.2 Å². The number of halogens is 1. The van der Waals surface area contributed by atoms with Crippen molar-refractivity contribution in [2.24, 2.45) is 5.41 Å². The Morgan fingerprint density at radius 1 is 1.46 bits per heavy atom. The number of urea groups is 1. The van der Waals surface area contributed by atoms with Crippen LogP contribution in [0.4, 0.5) is 10.5 Å². The molecule has 3 heterocycles. The molecule has 8 nitrogen and oxygen atoms in total. The number of likely N-dealkylation sites (tertiary alicyclic amines) is 1. The maximum Gasteiger partial charge on any atom is 0.321 e. The zero-order chi connectivity index (χ0) is 17.3. The van der Waals surface area contributed by atoms with E-state index in [1.807, 2.05) is 0 Å². The van der Waals surface area contributed by atoms with E-state index in [2.05, 4.69) is 31.3 Å². The Kier molecular flexibility index (Phi) is 4.27. The molecule has 3 rings (SSSR count). The summed E-state index contributed by atoms with van der Waals surface area (Å²) in [4.78, 5) is 29.6. The van der Waals surface area contributed by atoms with Crippen molar-refractivity contribution < 1.29 is 14.7 Å². The van der Waals surface area contributed by atoms with E-state index in [9.17, 15) is 14.7 Å². The highest BCUT2D eigenvalue weighted by molar-refractivity contribution is 9.10. The number of carboxylic acid groups (broad SMARTS) is 1. The van der Waals surface area contributed by atoms with Crippen molar-refractivity contribution in [2.75, 3.05) is 18.4 Å². The molecule has 2 N–H and O–H groups in total. The highest BCUT2D eigenvalue weighted by Gasteiger charge is 2.42. The molecule has 2 aromatic rings. The molecule has 2 amide bonds. The van der Waals surface area contributed by atoms with Gasteiger partial charge in [0, 0.05) is 36.2 Å². The third-order valence-electron chi connectivity index (χ3n) is 4.07. The van der Waals surface area contributed by atoms with E-state index in [1.54, 1.807) is 42.3 Å². The fourth-order valence-electron chi connectivity index (χ4n) is 2.60. The predicted molar refractivity (Wildman–Crippen MR) is 90.0 cm³/mol.